The lowest BCUT2D eigenvalue weighted by Crippen LogP contribution is -2.28. The van der Waals surface area contributed by atoms with Crippen molar-refractivity contribution < 1.29 is 4.79 Å². The van der Waals surface area contributed by atoms with Gasteiger partial charge in [-0.3, -0.25) is 4.79 Å². The smallest absolute Gasteiger partial charge is 0.229 e. The molecule has 3 aromatic rings. The van der Waals surface area contributed by atoms with E-state index >= 15 is 0 Å². The third kappa shape index (κ3) is 3.72. The van der Waals surface area contributed by atoms with Gasteiger partial charge in [0.2, 0.25) is 5.91 Å². The van der Waals surface area contributed by atoms with Gasteiger partial charge in [-0.25, -0.2) is 0 Å². The Labute approximate surface area is 162 Å². The average Bonchev–Trinajstić information content (AvgIpc) is 3.21. The molecule has 4 rings (SSSR count). The molecule has 7 heteroatoms. The summed E-state index contributed by atoms with van der Waals surface area (Å²) in [4.78, 5) is 15.1. The van der Waals surface area contributed by atoms with E-state index in [1.807, 2.05) is 49.5 Å². The van der Waals surface area contributed by atoms with E-state index in [4.69, 9.17) is 11.6 Å². The van der Waals surface area contributed by atoms with E-state index in [0.717, 1.165) is 34.6 Å². The standard InChI is InChI=1S/C18H17ClN4OS.CH4/c1-23-9-14(11-2-4-12(19)5-3-11)15(10-23)18(24)20-13-6-7-16-17(8-13)25-22-21-16;/h2-8,14-15H,9-10H2,1H3,(H,20,24);1H4/t14-,15+;/m0./s1. The molecule has 0 saturated carbocycles. The lowest BCUT2D eigenvalue weighted by atomic mass is 9.88. The first-order valence-corrected chi connectivity index (χ1v) is 9.22. The number of hydrogen-bond donors (Lipinski definition) is 1. The number of fused-ring (bicyclic) bond motifs is 1. The topological polar surface area (TPSA) is 58.1 Å². The highest BCUT2D eigenvalue weighted by molar-refractivity contribution is 7.12. The van der Waals surface area contributed by atoms with Crippen molar-refractivity contribution in [2.45, 2.75) is 13.3 Å². The van der Waals surface area contributed by atoms with Gasteiger partial charge in [0.05, 0.1) is 10.6 Å². The van der Waals surface area contributed by atoms with Crippen molar-refractivity contribution in [3.8, 4) is 0 Å². The number of rotatable bonds is 3. The maximum atomic E-state index is 12.9. The van der Waals surface area contributed by atoms with Gasteiger partial charge in [0.1, 0.15) is 5.52 Å². The first-order valence-electron chi connectivity index (χ1n) is 8.07. The molecular weight excluding hydrogens is 368 g/mol. The summed E-state index contributed by atoms with van der Waals surface area (Å²) in [5, 5.41) is 7.79. The molecule has 0 bridgehead atoms. The van der Waals surface area contributed by atoms with Gasteiger partial charge in [-0.2, -0.15) is 0 Å². The maximum absolute atomic E-state index is 12.9. The number of amides is 1. The Morgan fingerprint density at radius 2 is 2.00 bits per heavy atom. The van der Waals surface area contributed by atoms with Crippen molar-refractivity contribution >= 4 is 44.9 Å². The number of benzene rings is 2. The molecule has 0 spiro atoms. The van der Waals surface area contributed by atoms with Gasteiger partial charge in [-0.05, 0) is 54.5 Å². The van der Waals surface area contributed by atoms with Gasteiger partial charge in [-0.15, -0.1) is 5.10 Å². The zero-order valence-corrected chi connectivity index (χ0v) is 15.2. The zero-order chi connectivity index (χ0) is 17.4. The molecule has 1 N–H and O–H groups in total. The summed E-state index contributed by atoms with van der Waals surface area (Å²) in [6.45, 7) is 1.60. The predicted octanol–water partition coefficient (Wildman–Crippen LogP) is 4.26. The second kappa shape index (κ2) is 7.70. The Morgan fingerprint density at radius 1 is 1.23 bits per heavy atom. The number of anilines is 1. The van der Waals surface area contributed by atoms with Crippen LogP contribution in [0.4, 0.5) is 5.69 Å². The summed E-state index contributed by atoms with van der Waals surface area (Å²) < 4.78 is 4.90. The van der Waals surface area contributed by atoms with Crippen LogP contribution in [0.2, 0.25) is 5.02 Å². The average molecular weight is 389 g/mol. The Balaban J connectivity index is 0.00000196. The molecule has 1 amide bonds. The number of hydrogen-bond acceptors (Lipinski definition) is 5. The van der Waals surface area contributed by atoms with Crippen LogP contribution in [0.3, 0.4) is 0 Å². The molecule has 2 atom stereocenters. The van der Waals surface area contributed by atoms with Gasteiger partial charge in [-0.1, -0.05) is 35.6 Å². The number of likely N-dealkylation sites (tertiary alicyclic amines) is 1. The van der Waals surface area contributed by atoms with Crippen LogP contribution in [-0.2, 0) is 4.79 Å². The second-order valence-corrected chi connectivity index (χ2v) is 7.65. The first kappa shape index (κ1) is 18.8. The van der Waals surface area contributed by atoms with E-state index < -0.39 is 0 Å². The van der Waals surface area contributed by atoms with E-state index in [0.29, 0.717) is 5.02 Å². The molecule has 1 saturated heterocycles. The van der Waals surface area contributed by atoms with Crippen molar-refractivity contribution in [3.63, 3.8) is 0 Å². The molecule has 136 valence electrons. The fraction of sp³-hybridized carbons (Fsp3) is 0.316. The molecule has 1 aliphatic heterocycles. The normalized spacial score (nSPS) is 20.1. The van der Waals surface area contributed by atoms with E-state index in [-0.39, 0.29) is 25.2 Å². The van der Waals surface area contributed by atoms with Crippen molar-refractivity contribution in [2.75, 3.05) is 25.5 Å². The quantitative estimate of drug-likeness (QED) is 0.728. The van der Waals surface area contributed by atoms with Crippen LogP contribution < -0.4 is 5.32 Å². The molecule has 5 nitrogen and oxygen atoms in total. The van der Waals surface area contributed by atoms with Crippen molar-refractivity contribution in [3.05, 3.63) is 53.1 Å². The van der Waals surface area contributed by atoms with E-state index in [1.54, 1.807) is 0 Å². The summed E-state index contributed by atoms with van der Waals surface area (Å²) in [6.07, 6.45) is 0. The van der Waals surface area contributed by atoms with E-state index in [2.05, 4.69) is 19.8 Å². The first-order chi connectivity index (χ1) is 12.1. The van der Waals surface area contributed by atoms with Crippen LogP contribution in [0.25, 0.3) is 10.2 Å². The monoisotopic (exact) mass is 388 g/mol. The SMILES string of the molecule is C.CN1C[C@@H](C(=O)Nc2ccc3nnsc3c2)[C@H](c2ccc(Cl)cc2)C1. The Morgan fingerprint density at radius 3 is 2.77 bits per heavy atom. The summed E-state index contributed by atoms with van der Waals surface area (Å²) in [7, 11) is 2.05. The highest BCUT2D eigenvalue weighted by Gasteiger charge is 2.37. The van der Waals surface area contributed by atoms with E-state index in [1.165, 1.54) is 11.5 Å². The van der Waals surface area contributed by atoms with Crippen LogP contribution in [-0.4, -0.2) is 40.5 Å². The molecule has 0 radical (unpaired) electrons. The third-order valence-corrected chi connectivity index (χ3v) is 5.59. The van der Waals surface area contributed by atoms with Crippen LogP contribution >= 0.6 is 23.1 Å². The number of carbonyl (C=O) groups excluding carboxylic acids is 1. The molecule has 2 heterocycles. The molecular formula is C19H21ClN4OS. The largest absolute Gasteiger partial charge is 0.326 e. The lowest BCUT2D eigenvalue weighted by Gasteiger charge is -2.18. The number of halogens is 1. The number of carbonyl (C=O) groups is 1. The summed E-state index contributed by atoms with van der Waals surface area (Å²) in [6, 6.07) is 13.5. The predicted molar refractivity (Wildman–Crippen MR) is 108 cm³/mol. The molecule has 26 heavy (non-hydrogen) atoms. The summed E-state index contributed by atoms with van der Waals surface area (Å²) >= 11 is 7.32. The zero-order valence-electron chi connectivity index (χ0n) is 13.6. The maximum Gasteiger partial charge on any atom is 0.229 e. The minimum absolute atomic E-state index is 0. The summed E-state index contributed by atoms with van der Waals surface area (Å²) in [5.74, 6) is 0.110. The Hall–Kier alpha value is -2.02. The fourth-order valence-electron chi connectivity index (χ4n) is 3.40. The highest BCUT2D eigenvalue weighted by Crippen LogP contribution is 2.33. The van der Waals surface area contributed by atoms with Crippen LogP contribution in [0.1, 0.15) is 18.9 Å². The van der Waals surface area contributed by atoms with Gasteiger partial charge in [0, 0.05) is 29.7 Å². The number of nitrogens with zero attached hydrogens (tertiary/aromatic N) is 3. The molecule has 1 fully saturated rings. The molecule has 1 aliphatic rings. The molecule has 0 unspecified atom stereocenters. The Bertz CT molecular complexity index is 911. The van der Waals surface area contributed by atoms with Crippen molar-refractivity contribution in [1.29, 1.82) is 0 Å². The molecule has 1 aromatic heterocycles. The van der Waals surface area contributed by atoms with Crippen LogP contribution in [0, 0.1) is 5.92 Å². The fourth-order valence-corrected chi connectivity index (χ4v) is 4.13. The minimum atomic E-state index is -0.0959. The van der Waals surface area contributed by atoms with Gasteiger partial charge >= 0.3 is 0 Å². The minimum Gasteiger partial charge on any atom is -0.326 e. The van der Waals surface area contributed by atoms with Gasteiger partial charge < -0.3 is 10.2 Å². The van der Waals surface area contributed by atoms with Crippen LogP contribution in [0.5, 0.6) is 0 Å². The van der Waals surface area contributed by atoms with Crippen molar-refractivity contribution in [1.82, 2.24) is 14.5 Å². The summed E-state index contributed by atoms with van der Waals surface area (Å²) in [5.41, 5.74) is 2.78. The number of likely N-dealkylation sites (N-methyl/N-ethyl adjacent to an activating group) is 1. The Kier molecular flexibility index (Phi) is 5.55. The second-order valence-electron chi connectivity index (χ2n) is 6.43. The number of nitrogens with one attached hydrogen (secondary N) is 1. The third-order valence-electron chi connectivity index (χ3n) is 4.65. The van der Waals surface area contributed by atoms with Crippen molar-refractivity contribution in [2.24, 2.45) is 5.92 Å². The highest BCUT2D eigenvalue weighted by atomic mass is 35.5. The number of aromatic nitrogens is 2. The van der Waals surface area contributed by atoms with Gasteiger partial charge in [0.15, 0.2) is 0 Å². The lowest BCUT2D eigenvalue weighted by molar-refractivity contribution is -0.119. The van der Waals surface area contributed by atoms with Gasteiger partial charge in [0.25, 0.3) is 0 Å². The molecule has 2 aromatic carbocycles. The molecule has 0 aliphatic carbocycles. The van der Waals surface area contributed by atoms with Crippen LogP contribution in [0.15, 0.2) is 42.5 Å². The van der Waals surface area contributed by atoms with E-state index in [9.17, 15) is 4.79 Å².